The van der Waals surface area contributed by atoms with E-state index in [1.165, 1.54) is 6.33 Å². The molecule has 1 aliphatic heterocycles. The first-order valence-electron chi connectivity index (χ1n) is 5.62. The smallest absolute Gasteiger partial charge is 0.280 e. The van der Waals surface area contributed by atoms with Crippen LogP contribution in [0.15, 0.2) is 11.1 Å². The molecule has 3 unspecified atom stereocenters. The minimum absolute atomic E-state index is 0.0286. The van der Waals surface area contributed by atoms with E-state index in [2.05, 4.69) is 15.0 Å². The third-order valence-corrected chi connectivity index (χ3v) is 3.12. The van der Waals surface area contributed by atoms with Crippen LogP contribution >= 0.6 is 0 Å². The molecule has 4 N–H and O–H groups in total. The Bertz CT molecular complexity index is 638. The van der Waals surface area contributed by atoms with Gasteiger partial charge >= 0.3 is 0 Å². The van der Waals surface area contributed by atoms with Crippen molar-refractivity contribution in [3.05, 3.63) is 16.7 Å². The molecule has 1 aliphatic rings. The van der Waals surface area contributed by atoms with Crippen LogP contribution in [0.2, 0.25) is 0 Å². The normalized spacial score (nSPS) is 28.0. The zero-order chi connectivity index (χ0) is 12.9. The Morgan fingerprint density at radius 2 is 2.44 bits per heavy atom. The van der Waals surface area contributed by atoms with Crippen LogP contribution in [0.1, 0.15) is 19.6 Å². The van der Waals surface area contributed by atoms with Gasteiger partial charge in [0.15, 0.2) is 11.2 Å². The Balaban J connectivity index is 2.11. The number of aliphatic hydroxyl groups is 1. The van der Waals surface area contributed by atoms with E-state index in [1.54, 1.807) is 11.5 Å². The molecular formula is C10H13N5O3. The van der Waals surface area contributed by atoms with Crippen molar-refractivity contribution in [3.63, 3.8) is 0 Å². The third kappa shape index (κ3) is 1.57. The number of aromatic nitrogens is 4. The molecule has 0 amide bonds. The quantitative estimate of drug-likeness (QED) is 0.620. The van der Waals surface area contributed by atoms with E-state index in [1.807, 2.05) is 0 Å². The fourth-order valence-electron chi connectivity index (χ4n) is 2.13. The topological polar surface area (TPSA) is 119 Å². The molecule has 0 saturated carbocycles. The highest BCUT2D eigenvalue weighted by Gasteiger charge is 2.32. The maximum absolute atomic E-state index is 11.6. The van der Waals surface area contributed by atoms with E-state index in [4.69, 9.17) is 10.5 Å². The molecule has 0 bridgehead atoms. The summed E-state index contributed by atoms with van der Waals surface area (Å²) in [5.41, 5.74) is 5.70. The maximum atomic E-state index is 11.6. The highest BCUT2D eigenvalue weighted by Crippen LogP contribution is 2.29. The van der Waals surface area contributed by atoms with E-state index in [-0.39, 0.29) is 29.4 Å². The number of aliphatic hydroxyl groups excluding tert-OH is 1. The summed E-state index contributed by atoms with van der Waals surface area (Å²) in [6.45, 7) is 1.79. The zero-order valence-corrected chi connectivity index (χ0v) is 9.70. The van der Waals surface area contributed by atoms with Gasteiger partial charge in [-0.3, -0.25) is 14.3 Å². The molecule has 0 spiro atoms. The second kappa shape index (κ2) is 3.79. The lowest BCUT2D eigenvalue weighted by Crippen LogP contribution is -2.15. The number of nitrogens with zero attached hydrogens (tertiary/aromatic N) is 3. The van der Waals surface area contributed by atoms with Crippen molar-refractivity contribution in [1.82, 2.24) is 19.5 Å². The van der Waals surface area contributed by atoms with Crippen molar-refractivity contribution >= 4 is 17.1 Å². The summed E-state index contributed by atoms with van der Waals surface area (Å²) in [4.78, 5) is 22.0. The van der Waals surface area contributed by atoms with Crippen molar-refractivity contribution in [2.45, 2.75) is 31.8 Å². The highest BCUT2D eigenvalue weighted by atomic mass is 16.5. The van der Waals surface area contributed by atoms with Gasteiger partial charge in [-0.1, -0.05) is 0 Å². The van der Waals surface area contributed by atoms with Gasteiger partial charge in [0.2, 0.25) is 5.95 Å². The van der Waals surface area contributed by atoms with Crippen molar-refractivity contribution in [2.24, 2.45) is 0 Å². The predicted octanol–water partition coefficient (Wildman–Crippen LogP) is -0.630. The Morgan fingerprint density at radius 3 is 3.11 bits per heavy atom. The summed E-state index contributed by atoms with van der Waals surface area (Å²) in [7, 11) is 0. The van der Waals surface area contributed by atoms with Gasteiger partial charge in [-0.25, -0.2) is 4.98 Å². The number of nitrogens with two attached hydrogens (primary N) is 1. The van der Waals surface area contributed by atoms with Crippen LogP contribution < -0.4 is 11.3 Å². The van der Waals surface area contributed by atoms with Crippen LogP contribution in [0.5, 0.6) is 0 Å². The molecule has 3 rings (SSSR count). The number of ether oxygens (including phenoxy) is 1. The first-order chi connectivity index (χ1) is 8.56. The fourth-order valence-corrected chi connectivity index (χ4v) is 2.13. The number of imidazole rings is 1. The second-order valence-corrected chi connectivity index (χ2v) is 4.37. The number of aromatic amines is 1. The van der Waals surface area contributed by atoms with Crippen LogP contribution in [-0.2, 0) is 4.74 Å². The Morgan fingerprint density at radius 1 is 1.67 bits per heavy atom. The Labute approximate surface area is 101 Å². The van der Waals surface area contributed by atoms with Gasteiger partial charge in [-0.15, -0.1) is 0 Å². The van der Waals surface area contributed by atoms with Gasteiger partial charge < -0.3 is 15.6 Å². The minimum Gasteiger partial charge on any atom is -0.390 e. The third-order valence-electron chi connectivity index (χ3n) is 3.12. The number of hydrogen-bond donors (Lipinski definition) is 3. The van der Waals surface area contributed by atoms with Gasteiger partial charge in [0.05, 0.1) is 18.5 Å². The fraction of sp³-hybridized carbons (Fsp3) is 0.500. The van der Waals surface area contributed by atoms with Gasteiger partial charge in [-0.05, 0) is 6.92 Å². The van der Waals surface area contributed by atoms with Crippen LogP contribution in [0.4, 0.5) is 5.95 Å². The minimum atomic E-state index is -0.535. The number of H-pyrrole nitrogens is 1. The molecular weight excluding hydrogens is 238 g/mol. The molecule has 2 aromatic rings. The van der Waals surface area contributed by atoms with E-state index in [0.717, 1.165) is 0 Å². The first-order valence-corrected chi connectivity index (χ1v) is 5.62. The summed E-state index contributed by atoms with van der Waals surface area (Å²) in [6.07, 6.45) is 0.732. The molecule has 1 fully saturated rings. The first kappa shape index (κ1) is 11.2. The number of anilines is 1. The Hall–Kier alpha value is -1.93. The maximum Gasteiger partial charge on any atom is 0.280 e. The van der Waals surface area contributed by atoms with Crippen LogP contribution in [0, 0.1) is 0 Å². The molecule has 3 atom stereocenters. The molecule has 0 aliphatic carbocycles. The number of fused-ring (bicyclic) bond motifs is 1. The number of nitrogens with one attached hydrogen (secondary N) is 1. The van der Waals surface area contributed by atoms with Gasteiger partial charge in [0.1, 0.15) is 6.23 Å². The summed E-state index contributed by atoms with van der Waals surface area (Å²) in [5.74, 6) is 0.0286. The second-order valence-electron chi connectivity index (χ2n) is 4.37. The van der Waals surface area contributed by atoms with Crippen molar-refractivity contribution < 1.29 is 9.84 Å². The average Bonchev–Trinajstić information content (AvgIpc) is 2.83. The van der Waals surface area contributed by atoms with Crippen molar-refractivity contribution in [1.29, 1.82) is 0 Å². The molecule has 8 nitrogen and oxygen atoms in total. The monoisotopic (exact) mass is 251 g/mol. The summed E-state index contributed by atoms with van der Waals surface area (Å²) < 4.78 is 7.20. The van der Waals surface area contributed by atoms with Crippen molar-refractivity contribution in [3.8, 4) is 0 Å². The lowest BCUT2D eigenvalue weighted by atomic mass is 10.2. The lowest BCUT2D eigenvalue weighted by molar-refractivity contribution is -0.00631. The summed E-state index contributed by atoms with van der Waals surface area (Å²) >= 11 is 0. The molecule has 0 radical (unpaired) electrons. The van der Waals surface area contributed by atoms with E-state index < -0.39 is 6.10 Å². The molecule has 1 saturated heterocycles. The average molecular weight is 251 g/mol. The largest absolute Gasteiger partial charge is 0.390 e. The molecule has 0 aromatic carbocycles. The van der Waals surface area contributed by atoms with Gasteiger partial charge in [0, 0.05) is 6.42 Å². The molecule has 2 aromatic heterocycles. The highest BCUT2D eigenvalue weighted by molar-refractivity contribution is 5.70. The van der Waals surface area contributed by atoms with Crippen molar-refractivity contribution in [2.75, 3.05) is 5.73 Å². The molecule has 96 valence electrons. The van der Waals surface area contributed by atoms with Crippen LogP contribution in [0.25, 0.3) is 11.2 Å². The summed E-state index contributed by atoms with van der Waals surface area (Å²) in [5, 5.41) is 9.68. The number of hydrogen-bond acceptors (Lipinski definition) is 6. The van der Waals surface area contributed by atoms with Gasteiger partial charge in [0.25, 0.3) is 5.56 Å². The molecule has 3 heterocycles. The molecule has 8 heteroatoms. The number of nitrogen functional groups attached to an aromatic ring is 1. The Kier molecular flexibility index (Phi) is 2.35. The predicted molar refractivity (Wildman–Crippen MR) is 62.8 cm³/mol. The number of rotatable bonds is 1. The van der Waals surface area contributed by atoms with Crippen LogP contribution in [-0.4, -0.2) is 36.8 Å². The molecule has 18 heavy (non-hydrogen) atoms. The zero-order valence-electron chi connectivity index (χ0n) is 9.70. The van der Waals surface area contributed by atoms with E-state index in [0.29, 0.717) is 12.1 Å². The van der Waals surface area contributed by atoms with E-state index >= 15 is 0 Å². The van der Waals surface area contributed by atoms with E-state index in [9.17, 15) is 9.90 Å². The standard InChI is InChI=1S/C10H13N5O3/c1-4-5(16)2-6(18-4)15-3-12-7-8(15)13-10(11)14-9(7)17/h3-6,16H,2H2,1H3,(H3,11,13,14,17). The summed E-state index contributed by atoms with van der Waals surface area (Å²) in [6, 6.07) is 0. The lowest BCUT2D eigenvalue weighted by Gasteiger charge is -2.12. The van der Waals surface area contributed by atoms with Crippen LogP contribution in [0.3, 0.4) is 0 Å². The van der Waals surface area contributed by atoms with Gasteiger partial charge in [-0.2, -0.15) is 4.98 Å². The SMILES string of the molecule is CC1OC(n2cnc3c(=O)[nH]c(N)nc32)CC1O.